The summed E-state index contributed by atoms with van der Waals surface area (Å²) in [5.41, 5.74) is 6.02. The molecule has 0 bridgehead atoms. The van der Waals surface area contributed by atoms with Crippen LogP contribution in [0.1, 0.15) is 58.3 Å². The molecule has 2 aliphatic rings. The standard InChI is InChI=1S/C14H28N2/c1-2-13(15)9-11-16-10-5-8-14(16)12-6-3-4-7-12/h12-14H,2-11,15H2,1H3. The molecule has 0 amide bonds. The fourth-order valence-electron chi connectivity index (χ4n) is 3.54. The molecule has 1 heterocycles. The number of hydrogen-bond donors (Lipinski definition) is 1. The van der Waals surface area contributed by atoms with E-state index in [1.807, 2.05) is 0 Å². The van der Waals surface area contributed by atoms with Crippen LogP contribution in [-0.2, 0) is 0 Å². The molecular formula is C14H28N2. The summed E-state index contributed by atoms with van der Waals surface area (Å²) >= 11 is 0. The van der Waals surface area contributed by atoms with Gasteiger partial charge in [-0.05, 0) is 57.5 Å². The van der Waals surface area contributed by atoms with Crippen LogP contribution in [0.4, 0.5) is 0 Å². The number of nitrogens with zero attached hydrogens (tertiary/aromatic N) is 1. The summed E-state index contributed by atoms with van der Waals surface area (Å²) in [7, 11) is 0. The zero-order valence-electron chi connectivity index (χ0n) is 10.8. The molecule has 1 aliphatic heterocycles. The van der Waals surface area contributed by atoms with Crippen LogP contribution in [0.5, 0.6) is 0 Å². The van der Waals surface area contributed by atoms with Crippen LogP contribution in [0.2, 0.25) is 0 Å². The van der Waals surface area contributed by atoms with Crippen molar-refractivity contribution in [2.24, 2.45) is 11.7 Å². The van der Waals surface area contributed by atoms with Gasteiger partial charge >= 0.3 is 0 Å². The maximum Gasteiger partial charge on any atom is 0.0124 e. The van der Waals surface area contributed by atoms with E-state index in [1.54, 1.807) is 0 Å². The molecule has 0 aromatic heterocycles. The lowest BCUT2D eigenvalue weighted by Gasteiger charge is -2.30. The molecule has 0 aromatic rings. The predicted molar refractivity (Wildman–Crippen MR) is 69.4 cm³/mol. The Labute approximate surface area is 101 Å². The van der Waals surface area contributed by atoms with Crippen LogP contribution in [0.25, 0.3) is 0 Å². The molecule has 16 heavy (non-hydrogen) atoms. The van der Waals surface area contributed by atoms with E-state index < -0.39 is 0 Å². The third-order valence-electron chi connectivity index (χ3n) is 4.67. The molecule has 2 nitrogen and oxygen atoms in total. The van der Waals surface area contributed by atoms with Gasteiger partial charge in [0.15, 0.2) is 0 Å². The van der Waals surface area contributed by atoms with Crippen LogP contribution in [0.3, 0.4) is 0 Å². The van der Waals surface area contributed by atoms with E-state index >= 15 is 0 Å². The Hall–Kier alpha value is -0.0800. The van der Waals surface area contributed by atoms with E-state index in [1.165, 1.54) is 58.0 Å². The van der Waals surface area contributed by atoms with Crippen LogP contribution in [0, 0.1) is 5.92 Å². The topological polar surface area (TPSA) is 29.3 Å². The van der Waals surface area contributed by atoms with Gasteiger partial charge in [0.25, 0.3) is 0 Å². The van der Waals surface area contributed by atoms with Gasteiger partial charge in [-0.25, -0.2) is 0 Å². The van der Waals surface area contributed by atoms with Gasteiger partial charge in [-0.1, -0.05) is 19.8 Å². The van der Waals surface area contributed by atoms with Crippen LogP contribution in [-0.4, -0.2) is 30.1 Å². The van der Waals surface area contributed by atoms with Crippen molar-refractivity contribution >= 4 is 0 Å². The maximum absolute atomic E-state index is 6.02. The summed E-state index contributed by atoms with van der Waals surface area (Å²) in [5.74, 6) is 1.01. The Morgan fingerprint density at radius 1 is 1.19 bits per heavy atom. The first-order valence-corrected chi connectivity index (χ1v) is 7.31. The molecule has 1 saturated carbocycles. The Morgan fingerprint density at radius 2 is 1.94 bits per heavy atom. The van der Waals surface area contributed by atoms with E-state index in [2.05, 4.69) is 11.8 Å². The van der Waals surface area contributed by atoms with Gasteiger partial charge < -0.3 is 10.6 Å². The first-order chi connectivity index (χ1) is 7.81. The fraction of sp³-hybridized carbons (Fsp3) is 1.00. The van der Waals surface area contributed by atoms with Crippen molar-refractivity contribution in [2.45, 2.75) is 70.4 Å². The predicted octanol–water partition coefficient (Wildman–Crippen LogP) is 2.77. The second-order valence-corrected chi connectivity index (χ2v) is 5.75. The highest BCUT2D eigenvalue weighted by Crippen LogP contribution is 2.35. The second kappa shape index (κ2) is 6.02. The SMILES string of the molecule is CCC(N)CCN1CCCC1C1CCCC1. The van der Waals surface area contributed by atoms with Gasteiger partial charge in [-0.2, -0.15) is 0 Å². The molecule has 0 aromatic carbocycles. The summed E-state index contributed by atoms with van der Waals surface area (Å²) in [4.78, 5) is 2.74. The highest BCUT2D eigenvalue weighted by molar-refractivity contribution is 4.87. The molecule has 2 unspecified atom stereocenters. The smallest absolute Gasteiger partial charge is 0.0124 e. The lowest BCUT2D eigenvalue weighted by molar-refractivity contribution is 0.184. The third kappa shape index (κ3) is 2.98. The number of nitrogens with two attached hydrogens (primary N) is 1. The monoisotopic (exact) mass is 224 g/mol. The fourth-order valence-corrected chi connectivity index (χ4v) is 3.54. The molecule has 0 radical (unpaired) electrons. The van der Waals surface area contributed by atoms with Crippen molar-refractivity contribution in [3.63, 3.8) is 0 Å². The quantitative estimate of drug-likeness (QED) is 0.778. The molecule has 2 heteroatoms. The average Bonchev–Trinajstić information content (AvgIpc) is 2.95. The molecule has 1 aliphatic carbocycles. The van der Waals surface area contributed by atoms with Crippen molar-refractivity contribution in [3.05, 3.63) is 0 Å². The highest BCUT2D eigenvalue weighted by Gasteiger charge is 2.32. The Kier molecular flexibility index (Phi) is 4.66. The highest BCUT2D eigenvalue weighted by atomic mass is 15.2. The van der Waals surface area contributed by atoms with Crippen molar-refractivity contribution in [1.82, 2.24) is 4.90 Å². The van der Waals surface area contributed by atoms with Gasteiger partial charge in [-0.15, -0.1) is 0 Å². The van der Waals surface area contributed by atoms with Gasteiger partial charge in [0.05, 0.1) is 0 Å². The Bertz CT molecular complexity index is 199. The van der Waals surface area contributed by atoms with E-state index in [0.29, 0.717) is 6.04 Å². The maximum atomic E-state index is 6.02. The van der Waals surface area contributed by atoms with Crippen molar-refractivity contribution in [2.75, 3.05) is 13.1 Å². The Morgan fingerprint density at radius 3 is 2.62 bits per heavy atom. The molecule has 2 rings (SSSR count). The molecular weight excluding hydrogens is 196 g/mol. The average molecular weight is 224 g/mol. The van der Waals surface area contributed by atoms with Gasteiger partial charge in [0.1, 0.15) is 0 Å². The first-order valence-electron chi connectivity index (χ1n) is 7.31. The minimum absolute atomic E-state index is 0.421. The minimum Gasteiger partial charge on any atom is -0.328 e. The van der Waals surface area contributed by atoms with E-state index in [4.69, 9.17) is 5.73 Å². The normalized spacial score (nSPS) is 30.0. The molecule has 2 atom stereocenters. The van der Waals surface area contributed by atoms with Crippen molar-refractivity contribution in [3.8, 4) is 0 Å². The summed E-state index contributed by atoms with van der Waals surface area (Å²) in [5, 5.41) is 0. The van der Waals surface area contributed by atoms with Crippen LogP contribution >= 0.6 is 0 Å². The van der Waals surface area contributed by atoms with E-state index in [0.717, 1.165) is 18.4 Å². The summed E-state index contributed by atoms with van der Waals surface area (Å²) < 4.78 is 0. The van der Waals surface area contributed by atoms with Crippen LogP contribution < -0.4 is 5.73 Å². The van der Waals surface area contributed by atoms with Gasteiger partial charge in [0.2, 0.25) is 0 Å². The largest absolute Gasteiger partial charge is 0.328 e. The first kappa shape index (κ1) is 12.4. The molecule has 2 N–H and O–H groups in total. The van der Waals surface area contributed by atoms with Crippen molar-refractivity contribution < 1.29 is 0 Å². The van der Waals surface area contributed by atoms with E-state index in [-0.39, 0.29) is 0 Å². The third-order valence-corrected chi connectivity index (χ3v) is 4.67. The van der Waals surface area contributed by atoms with Gasteiger partial charge in [-0.3, -0.25) is 0 Å². The van der Waals surface area contributed by atoms with E-state index in [9.17, 15) is 0 Å². The summed E-state index contributed by atoms with van der Waals surface area (Å²) in [6.07, 6.45) is 11.1. The van der Waals surface area contributed by atoms with Crippen molar-refractivity contribution in [1.29, 1.82) is 0 Å². The molecule has 1 saturated heterocycles. The van der Waals surface area contributed by atoms with Gasteiger partial charge in [0, 0.05) is 12.1 Å². The molecule has 2 fully saturated rings. The zero-order chi connectivity index (χ0) is 11.4. The minimum atomic E-state index is 0.421. The number of rotatable bonds is 5. The molecule has 0 spiro atoms. The van der Waals surface area contributed by atoms with Crippen LogP contribution in [0.15, 0.2) is 0 Å². The number of likely N-dealkylation sites (tertiary alicyclic amines) is 1. The molecule has 94 valence electrons. The zero-order valence-corrected chi connectivity index (χ0v) is 10.8. The Balaban J connectivity index is 1.78. The lowest BCUT2D eigenvalue weighted by Crippen LogP contribution is -2.37. The number of hydrogen-bond acceptors (Lipinski definition) is 2. The summed E-state index contributed by atoms with van der Waals surface area (Å²) in [6.45, 7) is 4.77. The second-order valence-electron chi connectivity index (χ2n) is 5.75. The summed E-state index contributed by atoms with van der Waals surface area (Å²) in [6, 6.07) is 1.33. The lowest BCUT2D eigenvalue weighted by atomic mass is 9.96.